The van der Waals surface area contributed by atoms with Gasteiger partial charge in [0.1, 0.15) is 0 Å². The van der Waals surface area contributed by atoms with Crippen molar-refractivity contribution in [3.63, 3.8) is 0 Å². The summed E-state index contributed by atoms with van der Waals surface area (Å²) in [7, 11) is 0. The first-order valence-electron chi connectivity index (χ1n) is 12.5. The smallest absolute Gasteiger partial charge is 0.0694 e. The second-order valence-corrected chi connectivity index (χ2v) is 10.5. The van der Waals surface area contributed by atoms with Crippen LogP contribution in [0.2, 0.25) is 0 Å². The van der Waals surface area contributed by atoms with Crippen molar-refractivity contribution in [2.24, 2.45) is 0 Å². The van der Waals surface area contributed by atoms with Gasteiger partial charge in [-0.3, -0.25) is 0 Å². The highest BCUT2D eigenvalue weighted by Crippen LogP contribution is 2.51. The highest BCUT2D eigenvalue weighted by molar-refractivity contribution is 5.98. The van der Waals surface area contributed by atoms with Crippen molar-refractivity contribution < 1.29 is 10.2 Å². The summed E-state index contributed by atoms with van der Waals surface area (Å²) in [5.74, 6) is 0.831. The summed E-state index contributed by atoms with van der Waals surface area (Å²) in [6.45, 7) is 17.4. The van der Waals surface area contributed by atoms with Crippen molar-refractivity contribution in [2.75, 3.05) is 0 Å². The zero-order valence-corrected chi connectivity index (χ0v) is 21.9. The molecule has 0 saturated carbocycles. The summed E-state index contributed by atoms with van der Waals surface area (Å²) in [5.41, 5.74) is 16.1. The van der Waals surface area contributed by atoms with Crippen molar-refractivity contribution in [1.29, 1.82) is 0 Å². The minimum atomic E-state index is -0.0304. The zero-order chi connectivity index (χ0) is 24.9. The molecule has 4 rings (SSSR count). The van der Waals surface area contributed by atoms with Crippen LogP contribution in [-0.2, 0) is 13.2 Å². The summed E-state index contributed by atoms with van der Waals surface area (Å²) < 4.78 is 0. The fraction of sp³-hybridized carbons (Fsp3) is 0.375. The van der Waals surface area contributed by atoms with Crippen molar-refractivity contribution in [3.05, 3.63) is 80.9 Å². The molecule has 0 bridgehead atoms. The van der Waals surface area contributed by atoms with E-state index in [-0.39, 0.29) is 13.2 Å². The van der Waals surface area contributed by atoms with Crippen LogP contribution in [0.25, 0.3) is 33.4 Å². The Bertz CT molecular complexity index is 1210. The van der Waals surface area contributed by atoms with E-state index in [1.165, 1.54) is 44.5 Å². The Hall–Kier alpha value is -2.68. The number of hydrogen-bond donors (Lipinski definition) is 2. The number of hydrogen-bond acceptors (Lipinski definition) is 2. The van der Waals surface area contributed by atoms with Gasteiger partial charge in [0, 0.05) is 0 Å². The predicted molar refractivity (Wildman–Crippen MR) is 144 cm³/mol. The topological polar surface area (TPSA) is 40.5 Å². The van der Waals surface area contributed by atoms with Gasteiger partial charge in [-0.05, 0) is 117 Å². The monoisotopic (exact) mass is 454 g/mol. The third-order valence-corrected chi connectivity index (χ3v) is 7.67. The first-order chi connectivity index (χ1) is 16.1. The normalized spacial score (nSPS) is 12.0. The molecule has 0 aromatic heterocycles. The maximum Gasteiger partial charge on any atom is 0.0694 e. The van der Waals surface area contributed by atoms with E-state index in [9.17, 15) is 10.2 Å². The standard InChI is InChI=1S/C32H38O2/c1-17(2)23-11-9-19(5)29-25(13-23)21(7)31(27(29)15-33)32-22(8)26-14-24(18(3)4)12-10-20(6)30(26)28(32)16-34/h9-14,17-18,33-34H,15-16H2,1-8H3. The lowest BCUT2D eigenvalue weighted by atomic mass is 9.96. The highest BCUT2D eigenvalue weighted by Gasteiger charge is 2.30. The zero-order valence-electron chi connectivity index (χ0n) is 21.9. The van der Waals surface area contributed by atoms with Gasteiger partial charge in [-0.25, -0.2) is 0 Å². The van der Waals surface area contributed by atoms with Crippen LogP contribution >= 0.6 is 0 Å². The fourth-order valence-electron chi connectivity index (χ4n) is 5.68. The van der Waals surface area contributed by atoms with Crippen molar-refractivity contribution in [2.45, 2.75) is 80.4 Å². The molecule has 0 heterocycles. The molecule has 0 fully saturated rings. The Morgan fingerprint density at radius 1 is 0.559 bits per heavy atom. The van der Waals surface area contributed by atoms with Crippen LogP contribution in [0.15, 0.2) is 36.4 Å². The minimum Gasteiger partial charge on any atom is -0.392 e. The van der Waals surface area contributed by atoms with E-state index in [1.807, 2.05) is 0 Å². The maximum absolute atomic E-state index is 10.7. The van der Waals surface area contributed by atoms with E-state index in [0.29, 0.717) is 11.8 Å². The number of aryl methyl sites for hydroxylation is 2. The van der Waals surface area contributed by atoms with Crippen LogP contribution in [0, 0.1) is 27.7 Å². The third kappa shape index (κ3) is 3.74. The van der Waals surface area contributed by atoms with E-state index < -0.39 is 0 Å². The third-order valence-electron chi connectivity index (χ3n) is 7.67. The first-order valence-corrected chi connectivity index (χ1v) is 12.5. The van der Waals surface area contributed by atoms with Crippen molar-refractivity contribution in [1.82, 2.24) is 0 Å². The van der Waals surface area contributed by atoms with Gasteiger partial charge >= 0.3 is 0 Å². The molecule has 2 nitrogen and oxygen atoms in total. The molecular weight excluding hydrogens is 416 g/mol. The SMILES string of the molecule is Cc1ccc(C(C)C)cc2c(C)c(-c3c(C)c4cc(C(C)C)ccc(C)c-4c3CO)c(CO)c1-2. The molecule has 2 N–H and O–H groups in total. The molecule has 0 atom stereocenters. The first kappa shape index (κ1) is 24.4. The Morgan fingerprint density at radius 2 is 0.912 bits per heavy atom. The van der Waals surface area contributed by atoms with Gasteiger partial charge in [-0.2, -0.15) is 0 Å². The molecule has 0 aliphatic heterocycles. The molecule has 0 saturated heterocycles. The van der Waals surface area contributed by atoms with Gasteiger partial charge < -0.3 is 10.2 Å². The van der Waals surface area contributed by atoms with Crippen LogP contribution in [0.3, 0.4) is 0 Å². The molecule has 4 aliphatic carbocycles. The largest absolute Gasteiger partial charge is 0.392 e. The quantitative estimate of drug-likeness (QED) is 0.320. The van der Waals surface area contributed by atoms with Crippen molar-refractivity contribution >= 4 is 0 Å². The molecule has 0 radical (unpaired) electrons. The lowest BCUT2D eigenvalue weighted by Gasteiger charge is -2.09. The Morgan fingerprint density at radius 3 is 1.21 bits per heavy atom. The summed E-state index contributed by atoms with van der Waals surface area (Å²) in [4.78, 5) is 0. The van der Waals surface area contributed by atoms with E-state index in [2.05, 4.69) is 91.8 Å². The lowest BCUT2D eigenvalue weighted by molar-refractivity contribution is 0.281. The summed E-state index contributed by atoms with van der Waals surface area (Å²) in [5, 5.41) is 21.3. The van der Waals surface area contributed by atoms with Crippen LogP contribution in [0.5, 0.6) is 0 Å². The summed E-state index contributed by atoms with van der Waals surface area (Å²) in [6, 6.07) is 13.4. The van der Waals surface area contributed by atoms with Gasteiger partial charge in [0.25, 0.3) is 0 Å². The highest BCUT2D eigenvalue weighted by atomic mass is 16.3. The van der Waals surface area contributed by atoms with E-state index in [0.717, 1.165) is 33.4 Å². The average molecular weight is 455 g/mol. The Balaban J connectivity index is 2.19. The fourth-order valence-corrected chi connectivity index (χ4v) is 5.68. The Labute approximate surface area is 205 Å². The van der Waals surface area contributed by atoms with Crippen LogP contribution in [0.1, 0.15) is 84.0 Å². The average Bonchev–Trinajstić information content (AvgIpc) is 3.03. The number of aliphatic hydroxyl groups is 2. The van der Waals surface area contributed by atoms with Crippen LogP contribution < -0.4 is 0 Å². The molecule has 178 valence electrons. The van der Waals surface area contributed by atoms with Gasteiger partial charge in [-0.15, -0.1) is 0 Å². The number of aliphatic hydroxyl groups excluding tert-OH is 2. The molecule has 4 aliphatic rings. The number of fused-ring (bicyclic) bond motifs is 2. The molecule has 0 spiro atoms. The molecule has 0 unspecified atom stereocenters. The lowest BCUT2D eigenvalue weighted by Crippen LogP contribution is -1.93. The molecule has 34 heavy (non-hydrogen) atoms. The molecular formula is C32H38O2. The minimum absolute atomic E-state index is 0.0304. The van der Waals surface area contributed by atoms with Gasteiger partial charge in [0.2, 0.25) is 0 Å². The molecule has 0 aromatic carbocycles. The molecule has 2 heteroatoms. The predicted octanol–water partition coefficient (Wildman–Crippen LogP) is 8.03. The van der Waals surface area contributed by atoms with E-state index in [4.69, 9.17) is 0 Å². The molecule has 0 aromatic rings. The Kier molecular flexibility index (Phi) is 6.59. The summed E-state index contributed by atoms with van der Waals surface area (Å²) >= 11 is 0. The van der Waals surface area contributed by atoms with Crippen molar-refractivity contribution in [3.8, 4) is 33.4 Å². The van der Waals surface area contributed by atoms with Gasteiger partial charge in [-0.1, -0.05) is 64.1 Å². The van der Waals surface area contributed by atoms with E-state index >= 15 is 0 Å². The maximum atomic E-state index is 10.7. The summed E-state index contributed by atoms with van der Waals surface area (Å²) in [6.07, 6.45) is 0. The van der Waals surface area contributed by atoms with E-state index in [1.54, 1.807) is 0 Å². The second-order valence-electron chi connectivity index (χ2n) is 10.5. The van der Waals surface area contributed by atoms with Crippen LogP contribution in [0.4, 0.5) is 0 Å². The molecule has 0 amide bonds. The van der Waals surface area contributed by atoms with Gasteiger partial charge in [0.15, 0.2) is 0 Å². The van der Waals surface area contributed by atoms with Crippen LogP contribution in [-0.4, -0.2) is 10.2 Å². The van der Waals surface area contributed by atoms with Gasteiger partial charge in [0.05, 0.1) is 13.2 Å². The number of rotatable bonds is 5. The second kappa shape index (κ2) is 9.17.